The predicted octanol–water partition coefficient (Wildman–Crippen LogP) is 3.33. The third-order valence-corrected chi connectivity index (χ3v) is 4.50. The zero-order valence-corrected chi connectivity index (χ0v) is 15.4. The summed E-state index contributed by atoms with van der Waals surface area (Å²) in [5.74, 6) is -0.759. The largest absolute Gasteiger partial charge is 0.465 e. The number of hydrogen-bond donors (Lipinski definition) is 2. The molecule has 6 heteroatoms. The van der Waals surface area contributed by atoms with Crippen molar-refractivity contribution < 1.29 is 14.3 Å². The fourth-order valence-corrected chi connectivity index (χ4v) is 3.15. The molecule has 3 rings (SSSR count). The molecule has 2 aromatic heterocycles. The molecule has 138 valence electrons. The lowest BCUT2D eigenvalue weighted by Crippen LogP contribution is -2.30. The lowest BCUT2D eigenvalue weighted by Gasteiger charge is -2.19. The summed E-state index contributed by atoms with van der Waals surface area (Å²) in [5.41, 5.74) is 3.78. The van der Waals surface area contributed by atoms with Crippen LogP contribution in [0.2, 0.25) is 0 Å². The van der Waals surface area contributed by atoms with Crippen LogP contribution in [0.3, 0.4) is 0 Å². The number of hydrogen-bond acceptors (Lipinski definition) is 4. The first-order valence-electron chi connectivity index (χ1n) is 8.56. The molecule has 0 aliphatic rings. The van der Waals surface area contributed by atoms with Crippen molar-refractivity contribution in [3.63, 3.8) is 0 Å². The average molecular weight is 363 g/mol. The quantitative estimate of drug-likeness (QED) is 0.681. The highest BCUT2D eigenvalue weighted by atomic mass is 16.5. The number of carbonyl (C=O) groups excluding carboxylic acids is 2. The molecule has 2 heterocycles. The molecule has 0 fully saturated rings. The van der Waals surface area contributed by atoms with E-state index in [1.54, 1.807) is 26.2 Å². The van der Waals surface area contributed by atoms with Gasteiger partial charge in [-0.1, -0.05) is 30.3 Å². The van der Waals surface area contributed by atoms with Crippen molar-refractivity contribution in [2.75, 3.05) is 7.11 Å². The Hall–Kier alpha value is -3.41. The topological polar surface area (TPSA) is 84.1 Å². The second-order valence-electron chi connectivity index (χ2n) is 6.21. The molecule has 0 radical (unpaired) electrons. The Labute approximate surface area is 157 Å². The monoisotopic (exact) mass is 363 g/mol. The molecule has 1 atom stereocenters. The summed E-state index contributed by atoms with van der Waals surface area (Å²) in [4.78, 5) is 32.0. The second kappa shape index (κ2) is 7.86. The molecule has 6 nitrogen and oxygen atoms in total. The molecular weight excluding hydrogens is 342 g/mol. The van der Waals surface area contributed by atoms with Crippen LogP contribution in [0.4, 0.5) is 0 Å². The van der Waals surface area contributed by atoms with Gasteiger partial charge in [0.2, 0.25) is 0 Å². The maximum Gasteiger partial charge on any atom is 0.339 e. The zero-order valence-electron chi connectivity index (χ0n) is 15.4. The van der Waals surface area contributed by atoms with Gasteiger partial charge in [0.25, 0.3) is 5.91 Å². The molecule has 0 saturated heterocycles. The standard InChI is InChI=1S/C21H21N3O3/c1-13-17(21(26)27-3)14(2)23-18(13)20(25)24-19(15-7-5-4-6-8-15)16-9-11-22-12-10-16/h4-12,19,23H,1-3H3,(H,24,25). The minimum atomic E-state index is -0.464. The molecule has 0 bridgehead atoms. The van der Waals surface area contributed by atoms with E-state index in [9.17, 15) is 9.59 Å². The highest BCUT2D eigenvalue weighted by molar-refractivity contribution is 6.00. The first-order valence-corrected chi connectivity index (χ1v) is 8.56. The third kappa shape index (κ3) is 3.74. The SMILES string of the molecule is COC(=O)c1c(C)[nH]c(C(=O)NC(c2ccccc2)c2ccncc2)c1C. The van der Waals surface area contributed by atoms with Crippen LogP contribution in [0.15, 0.2) is 54.9 Å². The van der Waals surface area contributed by atoms with Gasteiger partial charge in [-0.05, 0) is 42.7 Å². The first kappa shape index (κ1) is 18.4. The smallest absolute Gasteiger partial charge is 0.339 e. The van der Waals surface area contributed by atoms with Gasteiger partial charge in [0.1, 0.15) is 5.69 Å². The highest BCUT2D eigenvalue weighted by Gasteiger charge is 2.25. The molecule has 27 heavy (non-hydrogen) atoms. The van der Waals surface area contributed by atoms with E-state index in [4.69, 9.17) is 4.74 Å². The molecule has 1 unspecified atom stereocenters. The van der Waals surface area contributed by atoms with Gasteiger partial charge in [0.05, 0.1) is 18.7 Å². The van der Waals surface area contributed by atoms with Crippen molar-refractivity contribution in [2.24, 2.45) is 0 Å². The maximum atomic E-state index is 13.0. The number of nitrogens with zero attached hydrogens (tertiary/aromatic N) is 1. The summed E-state index contributed by atoms with van der Waals surface area (Å²) in [7, 11) is 1.32. The minimum Gasteiger partial charge on any atom is -0.465 e. The number of carbonyl (C=O) groups is 2. The number of benzene rings is 1. The van der Waals surface area contributed by atoms with Crippen molar-refractivity contribution >= 4 is 11.9 Å². The van der Waals surface area contributed by atoms with E-state index in [-0.39, 0.29) is 11.9 Å². The van der Waals surface area contributed by atoms with Crippen molar-refractivity contribution in [1.29, 1.82) is 0 Å². The van der Waals surface area contributed by atoms with Crippen LogP contribution in [0.1, 0.15) is 49.3 Å². The van der Waals surface area contributed by atoms with E-state index >= 15 is 0 Å². The number of H-pyrrole nitrogens is 1. The van der Waals surface area contributed by atoms with E-state index in [2.05, 4.69) is 15.3 Å². The normalized spacial score (nSPS) is 11.7. The van der Waals surface area contributed by atoms with Gasteiger partial charge in [-0.25, -0.2) is 4.79 Å². The number of nitrogens with one attached hydrogen (secondary N) is 2. The van der Waals surface area contributed by atoms with E-state index < -0.39 is 5.97 Å². The van der Waals surface area contributed by atoms with Crippen LogP contribution in [0.5, 0.6) is 0 Å². The fourth-order valence-electron chi connectivity index (χ4n) is 3.15. The number of aryl methyl sites for hydroxylation is 1. The molecular formula is C21H21N3O3. The van der Waals surface area contributed by atoms with Crippen LogP contribution < -0.4 is 5.32 Å². The lowest BCUT2D eigenvalue weighted by atomic mass is 9.99. The van der Waals surface area contributed by atoms with Crippen LogP contribution in [0, 0.1) is 13.8 Å². The van der Waals surface area contributed by atoms with Crippen LogP contribution in [0.25, 0.3) is 0 Å². The summed E-state index contributed by atoms with van der Waals surface area (Å²) >= 11 is 0. The third-order valence-electron chi connectivity index (χ3n) is 4.50. The Balaban J connectivity index is 1.96. The number of esters is 1. The molecule has 0 aliphatic heterocycles. The zero-order chi connectivity index (χ0) is 19.4. The molecule has 0 spiro atoms. The number of ether oxygens (including phenoxy) is 1. The summed E-state index contributed by atoms with van der Waals surface area (Å²) in [6.07, 6.45) is 3.38. The Morgan fingerprint density at radius 1 is 1.04 bits per heavy atom. The molecule has 1 aromatic carbocycles. The first-order chi connectivity index (χ1) is 13.0. The maximum absolute atomic E-state index is 13.0. The number of amides is 1. The number of methoxy groups -OCH3 is 1. The minimum absolute atomic E-state index is 0.295. The Morgan fingerprint density at radius 3 is 2.30 bits per heavy atom. The van der Waals surface area contributed by atoms with Gasteiger partial charge in [-0.15, -0.1) is 0 Å². The summed E-state index contributed by atoms with van der Waals surface area (Å²) < 4.78 is 4.81. The average Bonchev–Trinajstić information content (AvgIpc) is 3.01. The number of pyridine rings is 1. The van der Waals surface area contributed by atoms with Crippen LogP contribution >= 0.6 is 0 Å². The summed E-state index contributed by atoms with van der Waals surface area (Å²) in [6, 6.07) is 13.1. The fraction of sp³-hybridized carbons (Fsp3) is 0.190. The number of aromatic amines is 1. The van der Waals surface area contributed by atoms with Gasteiger partial charge in [-0.3, -0.25) is 9.78 Å². The van der Waals surface area contributed by atoms with Gasteiger partial charge in [-0.2, -0.15) is 0 Å². The van der Waals surface area contributed by atoms with Crippen molar-refractivity contribution in [2.45, 2.75) is 19.9 Å². The second-order valence-corrected chi connectivity index (χ2v) is 6.21. The van der Waals surface area contributed by atoms with Crippen molar-refractivity contribution in [3.05, 3.63) is 88.5 Å². The van der Waals surface area contributed by atoms with Gasteiger partial charge in [0, 0.05) is 18.1 Å². The molecule has 1 amide bonds. The highest BCUT2D eigenvalue weighted by Crippen LogP contribution is 2.24. The lowest BCUT2D eigenvalue weighted by molar-refractivity contribution is 0.0599. The van der Waals surface area contributed by atoms with Gasteiger partial charge in [0.15, 0.2) is 0 Å². The molecule has 0 aliphatic carbocycles. The van der Waals surface area contributed by atoms with Crippen LogP contribution in [-0.2, 0) is 4.74 Å². The Bertz CT molecular complexity index is 910. The van der Waals surface area contributed by atoms with Gasteiger partial charge < -0.3 is 15.0 Å². The number of aromatic nitrogens is 2. The molecule has 2 N–H and O–H groups in total. The van der Waals surface area contributed by atoms with E-state index in [1.165, 1.54) is 7.11 Å². The predicted molar refractivity (Wildman–Crippen MR) is 102 cm³/mol. The summed E-state index contributed by atoms with van der Waals surface area (Å²) in [6.45, 7) is 3.47. The summed E-state index contributed by atoms with van der Waals surface area (Å²) in [5, 5.41) is 3.05. The van der Waals surface area contributed by atoms with Crippen molar-refractivity contribution in [1.82, 2.24) is 15.3 Å². The van der Waals surface area contributed by atoms with Gasteiger partial charge >= 0.3 is 5.97 Å². The van der Waals surface area contributed by atoms with E-state index in [0.717, 1.165) is 11.1 Å². The molecule has 3 aromatic rings. The van der Waals surface area contributed by atoms with E-state index in [1.807, 2.05) is 42.5 Å². The Morgan fingerprint density at radius 2 is 1.67 bits per heavy atom. The molecule has 0 saturated carbocycles. The van der Waals surface area contributed by atoms with Crippen molar-refractivity contribution in [3.8, 4) is 0 Å². The number of rotatable bonds is 5. The van der Waals surface area contributed by atoms with Crippen LogP contribution in [-0.4, -0.2) is 29.0 Å². The van der Waals surface area contributed by atoms with E-state index in [0.29, 0.717) is 22.5 Å². The Kier molecular flexibility index (Phi) is 5.35.